The molecule has 80 valence electrons. The molecule has 0 amide bonds. The summed E-state index contributed by atoms with van der Waals surface area (Å²) < 4.78 is 2.66. The Morgan fingerprint density at radius 1 is 1.31 bits per heavy atom. The van der Waals surface area contributed by atoms with Gasteiger partial charge < -0.3 is 0 Å². The van der Waals surface area contributed by atoms with Crippen LogP contribution in [0.4, 0.5) is 0 Å². The van der Waals surface area contributed by atoms with E-state index in [0.717, 1.165) is 21.1 Å². The Balaban J connectivity index is 2.32. The van der Waals surface area contributed by atoms with Gasteiger partial charge in [0.2, 0.25) is 0 Å². The Kier molecular flexibility index (Phi) is 2.22. The van der Waals surface area contributed by atoms with Gasteiger partial charge in [0.1, 0.15) is 5.69 Å². The second-order valence-corrected chi connectivity index (χ2v) is 4.60. The van der Waals surface area contributed by atoms with E-state index in [-0.39, 0.29) is 0 Å². The molecule has 4 nitrogen and oxygen atoms in total. The molecule has 0 aliphatic carbocycles. The molecule has 2 heterocycles. The van der Waals surface area contributed by atoms with Gasteiger partial charge in [-0.1, -0.05) is 11.6 Å². The van der Waals surface area contributed by atoms with Crippen molar-refractivity contribution in [2.45, 2.75) is 0 Å². The molecule has 0 bridgehead atoms. The molecule has 0 saturated carbocycles. The van der Waals surface area contributed by atoms with Crippen LogP contribution in [0.3, 0.4) is 0 Å². The van der Waals surface area contributed by atoms with Crippen molar-refractivity contribution in [3.05, 3.63) is 40.2 Å². The van der Waals surface area contributed by atoms with E-state index in [0.29, 0.717) is 5.02 Å². The quantitative estimate of drug-likeness (QED) is 0.750. The molecule has 16 heavy (non-hydrogen) atoms. The number of hydrogen-bond acceptors (Lipinski definition) is 2. The Bertz CT molecular complexity index is 644. The molecular formula is C10H6BrClN4. The van der Waals surface area contributed by atoms with Crippen LogP contribution in [0.15, 0.2) is 35.2 Å². The summed E-state index contributed by atoms with van der Waals surface area (Å²) in [6, 6.07) is 3.82. The van der Waals surface area contributed by atoms with Gasteiger partial charge in [0.05, 0.1) is 22.9 Å². The van der Waals surface area contributed by atoms with Crippen LogP contribution in [0.2, 0.25) is 5.02 Å². The van der Waals surface area contributed by atoms with Crippen LogP contribution < -0.4 is 0 Å². The summed E-state index contributed by atoms with van der Waals surface area (Å²) in [5.41, 5.74) is 1.88. The summed E-state index contributed by atoms with van der Waals surface area (Å²) in [5.74, 6) is 0. The van der Waals surface area contributed by atoms with Crippen molar-refractivity contribution < 1.29 is 0 Å². The molecule has 0 atom stereocenters. The van der Waals surface area contributed by atoms with E-state index < -0.39 is 0 Å². The fourth-order valence-corrected chi connectivity index (χ4v) is 2.09. The molecule has 0 spiro atoms. The second-order valence-electron chi connectivity index (χ2n) is 3.34. The van der Waals surface area contributed by atoms with Gasteiger partial charge in [-0.2, -0.15) is 10.2 Å². The third-order valence-corrected chi connectivity index (χ3v) is 3.54. The number of nitrogens with one attached hydrogen (secondary N) is 1. The van der Waals surface area contributed by atoms with Crippen molar-refractivity contribution in [3.63, 3.8) is 0 Å². The molecule has 0 fully saturated rings. The van der Waals surface area contributed by atoms with Crippen LogP contribution in [0, 0.1) is 0 Å². The van der Waals surface area contributed by atoms with Crippen LogP contribution in [0.1, 0.15) is 0 Å². The van der Waals surface area contributed by atoms with Gasteiger partial charge in [-0.25, -0.2) is 4.68 Å². The van der Waals surface area contributed by atoms with Gasteiger partial charge in [0.25, 0.3) is 0 Å². The first kappa shape index (κ1) is 9.86. The van der Waals surface area contributed by atoms with E-state index in [9.17, 15) is 0 Å². The number of H-pyrrole nitrogens is 1. The lowest BCUT2D eigenvalue weighted by Crippen LogP contribution is -1.93. The minimum atomic E-state index is 0.680. The number of hydrogen-bond donors (Lipinski definition) is 1. The summed E-state index contributed by atoms with van der Waals surface area (Å²) in [6.45, 7) is 0. The summed E-state index contributed by atoms with van der Waals surface area (Å²) in [7, 11) is 0. The molecule has 1 N–H and O–H groups in total. The Morgan fingerprint density at radius 2 is 2.19 bits per heavy atom. The maximum absolute atomic E-state index is 6.02. The molecule has 3 rings (SSSR count). The molecule has 0 unspecified atom stereocenters. The minimum Gasteiger partial charge on any atom is -0.283 e. The molecule has 3 aromatic rings. The molecule has 6 heteroatoms. The van der Waals surface area contributed by atoms with E-state index in [2.05, 4.69) is 31.2 Å². The highest BCUT2D eigenvalue weighted by atomic mass is 79.9. The molecule has 0 saturated heterocycles. The van der Waals surface area contributed by atoms with Crippen molar-refractivity contribution in [1.82, 2.24) is 20.0 Å². The van der Waals surface area contributed by atoms with Gasteiger partial charge in [-0.3, -0.25) is 5.10 Å². The zero-order valence-corrected chi connectivity index (χ0v) is 10.3. The summed E-state index contributed by atoms with van der Waals surface area (Å²) >= 11 is 9.42. The molecule has 0 aliphatic rings. The lowest BCUT2D eigenvalue weighted by atomic mass is 10.2. The number of aromatic nitrogens is 4. The zero-order chi connectivity index (χ0) is 11.1. The maximum Gasteiger partial charge on any atom is 0.103 e. The molecule has 2 aromatic heterocycles. The maximum atomic E-state index is 6.02. The Hall–Kier alpha value is -1.33. The zero-order valence-electron chi connectivity index (χ0n) is 7.98. The Labute approximate surface area is 104 Å². The van der Waals surface area contributed by atoms with Gasteiger partial charge in [0, 0.05) is 16.1 Å². The van der Waals surface area contributed by atoms with Crippen LogP contribution in [0.5, 0.6) is 0 Å². The summed E-state index contributed by atoms with van der Waals surface area (Å²) in [5, 5.41) is 12.6. The predicted octanol–water partition coefficient (Wildman–Crippen LogP) is 3.16. The summed E-state index contributed by atoms with van der Waals surface area (Å²) in [4.78, 5) is 0. The number of halogens is 2. The van der Waals surface area contributed by atoms with Crippen LogP contribution in [-0.4, -0.2) is 20.0 Å². The first-order valence-electron chi connectivity index (χ1n) is 4.57. The standard InChI is InChI=1S/C10H6BrClN4/c11-8-2-10-6(1-9(8)12)3-15-16(10)7-4-13-14-5-7/h1-5H,(H,13,14). The van der Waals surface area contributed by atoms with Crippen molar-refractivity contribution in [2.24, 2.45) is 0 Å². The van der Waals surface area contributed by atoms with E-state index >= 15 is 0 Å². The van der Waals surface area contributed by atoms with E-state index in [4.69, 9.17) is 11.6 Å². The minimum absolute atomic E-state index is 0.680. The lowest BCUT2D eigenvalue weighted by molar-refractivity contribution is 0.911. The van der Waals surface area contributed by atoms with Crippen molar-refractivity contribution in [2.75, 3.05) is 0 Å². The summed E-state index contributed by atoms with van der Waals surface area (Å²) in [6.07, 6.45) is 5.28. The number of aromatic amines is 1. The number of benzene rings is 1. The number of nitrogens with zero attached hydrogens (tertiary/aromatic N) is 3. The fraction of sp³-hybridized carbons (Fsp3) is 0. The topological polar surface area (TPSA) is 46.5 Å². The lowest BCUT2D eigenvalue weighted by Gasteiger charge is -2.00. The average molecular weight is 298 g/mol. The molecular weight excluding hydrogens is 291 g/mol. The van der Waals surface area contributed by atoms with Crippen molar-refractivity contribution in [1.29, 1.82) is 0 Å². The Morgan fingerprint density at radius 3 is 2.94 bits per heavy atom. The van der Waals surface area contributed by atoms with Gasteiger partial charge >= 0.3 is 0 Å². The highest BCUT2D eigenvalue weighted by Crippen LogP contribution is 2.29. The third kappa shape index (κ3) is 1.44. The highest BCUT2D eigenvalue weighted by Gasteiger charge is 2.08. The van der Waals surface area contributed by atoms with Gasteiger partial charge in [-0.05, 0) is 28.1 Å². The monoisotopic (exact) mass is 296 g/mol. The SMILES string of the molecule is Clc1cc2cnn(-c3cn[nH]c3)c2cc1Br. The second kappa shape index (κ2) is 3.61. The van der Waals surface area contributed by atoms with Crippen LogP contribution in [0.25, 0.3) is 16.6 Å². The average Bonchev–Trinajstić information content (AvgIpc) is 2.87. The normalized spacial score (nSPS) is 11.1. The van der Waals surface area contributed by atoms with Gasteiger partial charge in [0.15, 0.2) is 0 Å². The smallest absolute Gasteiger partial charge is 0.103 e. The molecule has 0 aliphatic heterocycles. The fourth-order valence-electron chi connectivity index (χ4n) is 1.59. The number of fused-ring (bicyclic) bond motifs is 1. The van der Waals surface area contributed by atoms with Gasteiger partial charge in [-0.15, -0.1) is 0 Å². The van der Waals surface area contributed by atoms with Crippen molar-refractivity contribution in [3.8, 4) is 5.69 Å². The predicted molar refractivity (Wildman–Crippen MR) is 65.9 cm³/mol. The largest absolute Gasteiger partial charge is 0.283 e. The van der Waals surface area contributed by atoms with Crippen LogP contribution in [-0.2, 0) is 0 Å². The first-order valence-corrected chi connectivity index (χ1v) is 5.75. The van der Waals surface area contributed by atoms with E-state index in [1.54, 1.807) is 23.3 Å². The highest BCUT2D eigenvalue weighted by molar-refractivity contribution is 9.10. The molecule has 0 radical (unpaired) electrons. The number of rotatable bonds is 1. The van der Waals surface area contributed by atoms with Crippen LogP contribution >= 0.6 is 27.5 Å². The third-order valence-electron chi connectivity index (χ3n) is 2.34. The van der Waals surface area contributed by atoms with E-state index in [1.807, 2.05) is 12.1 Å². The van der Waals surface area contributed by atoms with Crippen molar-refractivity contribution >= 4 is 38.4 Å². The first-order chi connectivity index (χ1) is 7.75. The van der Waals surface area contributed by atoms with E-state index in [1.165, 1.54) is 0 Å². The molecule has 1 aromatic carbocycles.